The highest BCUT2D eigenvalue weighted by molar-refractivity contribution is 5.97. The van der Waals surface area contributed by atoms with Crippen LogP contribution in [0.2, 0.25) is 0 Å². The Bertz CT molecular complexity index is 1020. The van der Waals surface area contributed by atoms with Gasteiger partial charge in [-0.15, -0.1) is 5.10 Å². The van der Waals surface area contributed by atoms with E-state index in [0.29, 0.717) is 22.3 Å². The minimum absolute atomic E-state index is 0.0685. The summed E-state index contributed by atoms with van der Waals surface area (Å²) in [5.74, 6) is -0.809. The molecule has 7 nitrogen and oxygen atoms in total. The summed E-state index contributed by atoms with van der Waals surface area (Å²) >= 11 is 0. The second-order valence-corrected chi connectivity index (χ2v) is 5.12. The third-order valence-corrected chi connectivity index (χ3v) is 3.53. The Morgan fingerprint density at radius 1 is 1.08 bits per heavy atom. The molecule has 2 aromatic carbocycles. The van der Waals surface area contributed by atoms with E-state index < -0.39 is 11.8 Å². The zero-order chi connectivity index (χ0) is 17.8. The lowest BCUT2D eigenvalue weighted by molar-refractivity contribution is 0.0943. The molecule has 0 atom stereocenters. The van der Waals surface area contributed by atoms with Gasteiger partial charge in [0.15, 0.2) is 0 Å². The lowest BCUT2D eigenvalue weighted by atomic mass is 10.2. The van der Waals surface area contributed by atoms with Crippen molar-refractivity contribution in [2.45, 2.75) is 0 Å². The number of rotatable bonds is 4. The monoisotopic (exact) mass is 337 g/mol. The van der Waals surface area contributed by atoms with Crippen molar-refractivity contribution in [2.24, 2.45) is 10.8 Å². The smallest absolute Gasteiger partial charge is 0.275 e. The van der Waals surface area contributed by atoms with E-state index >= 15 is 0 Å². The van der Waals surface area contributed by atoms with Gasteiger partial charge in [-0.05, 0) is 24.3 Å². The Hall–Kier alpha value is -3.61. The van der Waals surface area contributed by atoms with E-state index in [2.05, 4.69) is 10.5 Å². The molecule has 3 N–H and O–H groups in total. The quantitative estimate of drug-likeness (QED) is 0.708. The molecule has 0 aliphatic heterocycles. The first kappa shape index (κ1) is 16.3. The van der Waals surface area contributed by atoms with Crippen molar-refractivity contribution in [1.82, 2.24) is 5.43 Å². The van der Waals surface area contributed by atoms with Gasteiger partial charge in [0.25, 0.3) is 11.8 Å². The molecular formula is C18H15N3O4. The normalized spacial score (nSPS) is 11.3. The average molecular weight is 337 g/mol. The van der Waals surface area contributed by atoms with Crippen LogP contribution in [0.5, 0.6) is 5.75 Å². The molecule has 0 fully saturated rings. The number of carbonyl (C=O) groups is 2. The highest BCUT2D eigenvalue weighted by Crippen LogP contribution is 2.17. The lowest BCUT2D eigenvalue weighted by Crippen LogP contribution is -2.27. The first-order valence-corrected chi connectivity index (χ1v) is 7.40. The number of nitrogens with zero attached hydrogens (tertiary/aromatic N) is 1. The fraction of sp³-hybridized carbons (Fsp3) is 0.0556. The maximum absolute atomic E-state index is 12.3. The maximum atomic E-state index is 12.3. The molecule has 126 valence electrons. The molecule has 25 heavy (non-hydrogen) atoms. The van der Waals surface area contributed by atoms with Gasteiger partial charge in [0.1, 0.15) is 16.9 Å². The minimum atomic E-state index is -0.709. The van der Waals surface area contributed by atoms with Crippen molar-refractivity contribution >= 4 is 22.8 Å². The number of hydrogen-bond acceptors (Lipinski definition) is 5. The number of carbonyl (C=O) groups excluding carboxylic acids is 2. The topological polar surface area (TPSA) is 107 Å². The molecule has 7 heteroatoms. The van der Waals surface area contributed by atoms with Crippen molar-refractivity contribution < 1.29 is 18.7 Å². The van der Waals surface area contributed by atoms with Gasteiger partial charge >= 0.3 is 0 Å². The second kappa shape index (κ2) is 6.88. The van der Waals surface area contributed by atoms with Gasteiger partial charge in [0.2, 0.25) is 5.55 Å². The van der Waals surface area contributed by atoms with E-state index in [0.717, 1.165) is 0 Å². The molecule has 0 aliphatic rings. The molecule has 2 amide bonds. The minimum Gasteiger partial charge on any atom is -0.496 e. The Morgan fingerprint density at radius 2 is 1.80 bits per heavy atom. The van der Waals surface area contributed by atoms with Gasteiger partial charge in [-0.3, -0.25) is 9.59 Å². The number of nitrogens with two attached hydrogens (primary N) is 1. The van der Waals surface area contributed by atoms with E-state index in [-0.39, 0.29) is 11.1 Å². The van der Waals surface area contributed by atoms with Gasteiger partial charge in [-0.25, -0.2) is 5.43 Å². The highest BCUT2D eigenvalue weighted by Gasteiger charge is 2.12. The van der Waals surface area contributed by atoms with Crippen molar-refractivity contribution in [3.63, 3.8) is 0 Å². The summed E-state index contributed by atoms with van der Waals surface area (Å²) in [5.41, 5.74) is 8.54. The Kier molecular flexibility index (Phi) is 4.47. The standard InChI is InChI=1S/C18H15N3O4/c1-24-15-9-5-3-7-12(15)17(23)20-21-18-13(16(19)22)10-11-6-2-4-8-14(11)25-18/h2-10H,1H3,(H2,19,22)(H,20,23). The Balaban J connectivity index is 2.02. The third-order valence-electron chi connectivity index (χ3n) is 3.53. The number of para-hydroxylation sites is 2. The summed E-state index contributed by atoms with van der Waals surface area (Å²) in [5, 5.41) is 4.61. The Labute approximate surface area is 142 Å². The summed E-state index contributed by atoms with van der Waals surface area (Å²) in [7, 11) is 1.47. The van der Waals surface area contributed by atoms with Crippen LogP contribution >= 0.6 is 0 Å². The van der Waals surface area contributed by atoms with E-state index in [1.54, 1.807) is 48.5 Å². The van der Waals surface area contributed by atoms with Crippen molar-refractivity contribution in [3.8, 4) is 5.75 Å². The molecule has 1 aromatic heterocycles. The summed E-state index contributed by atoms with van der Waals surface area (Å²) in [4.78, 5) is 23.9. The number of fused-ring (bicyclic) bond motifs is 1. The molecule has 0 aliphatic carbocycles. The lowest BCUT2D eigenvalue weighted by Gasteiger charge is -2.06. The molecule has 0 spiro atoms. The third kappa shape index (κ3) is 3.35. The molecule has 0 saturated heterocycles. The molecule has 3 aromatic rings. The van der Waals surface area contributed by atoms with Crippen LogP contribution in [0.3, 0.4) is 0 Å². The van der Waals surface area contributed by atoms with Gasteiger partial charge < -0.3 is 14.9 Å². The molecule has 3 rings (SSSR count). The molecule has 0 radical (unpaired) electrons. The number of amides is 2. The second-order valence-electron chi connectivity index (χ2n) is 5.12. The predicted molar refractivity (Wildman–Crippen MR) is 90.8 cm³/mol. The van der Waals surface area contributed by atoms with E-state index in [9.17, 15) is 9.59 Å². The molecule has 0 unspecified atom stereocenters. The maximum Gasteiger partial charge on any atom is 0.275 e. The molecular weight excluding hydrogens is 322 g/mol. The summed E-state index contributed by atoms with van der Waals surface area (Å²) in [6.45, 7) is 0. The highest BCUT2D eigenvalue weighted by atomic mass is 16.5. The van der Waals surface area contributed by atoms with E-state index in [1.165, 1.54) is 7.11 Å². The van der Waals surface area contributed by atoms with Crippen molar-refractivity contribution in [1.29, 1.82) is 0 Å². The average Bonchev–Trinajstić information content (AvgIpc) is 2.65. The van der Waals surface area contributed by atoms with Crippen LogP contribution in [-0.4, -0.2) is 18.9 Å². The first-order valence-electron chi connectivity index (χ1n) is 7.40. The largest absolute Gasteiger partial charge is 0.496 e. The summed E-state index contributed by atoms with van der Waals surface area (Å²) in [6, 6.07) is 15.4. The molecule has 0 bridgehead atoms. The molecule has 0 saturated carbocycles. The van der Waals surface area contributed by atoms with Crippen LogP contribution in [-0.2, 0) is 0 Å². The number of hydrogen-bond donors (Lipinski definition) is 2. The van der Waals surface area contributed by atoms with Gasteiger partial charge in [-0.1, -0.05) is 30.3 Å². The van der Waals surface area contributed by atoms with E-state index in [4.69, 9.17) is 14.9 Å². The zero-order valence-electron chi connectivity index (χ0n) is 13.4. The summed E-state index contributed by atoms with van der Waals surface area (Å²) < 4.78 is 10.7. The van der Waals surface area contributed by atoms with Crippen LogP contribution in [0.25, 0.3) is 11.0 Å². The number of primary amides is 1. The number of benzene rings is 2. The summed E-state index contributed by atoms with van der Waals surface area (Å²) in [6.07, 6.45) is 0. The van der Waals surface area contributed by atoms with Gasteiger partial charge in [-0.2, -0.15) is 0 Å². The van der Waals surface area contributed by atoms with Crippen LogP contribution in [0.15, 0.2) is 64.1 Å². The first-order chi connectivity index (χ1) is 12.1. The van der Waals surface area contributed by atoms with Crippen LogP contribution in [0.1, 0.15) is 20.7 Å². The number of ether oxygens (including phenoxy) is 1. The SMILES string of the molecule is COc1ccccc1C(=O)NN=c1oc2ccccc2cc1C(N)=O. The fourth-order valence-corrected chi connectivity index (χ4v) is 2.32. The van der Waals surface area contributed by atoms with Crippen LogP contribution in [0.4, 0.5) is 0 Å². The molecule has 1 heterocycles. The number of nitrogens with one attached hydrogen (secondary N) is 1. The zero-order valence-corrected chi connectivity index (χ0v) is 13.4. The van der Waals surface area contributed by atoms with Crippen LogP contribution < -0.4 is 21.5 Å². The number of methoxy groups -OCH3 is 1. The Morgan fingerprint density at radius 3 is 2.56 bits per heavy atom. The van der Waals surface area contributed by atoms with Crippen molar-refractivity contribution in [3.05, 3.63) is 71.3 Å². The van der Waals surface area contributed by atoms with E-state index in [1.807, 2.05) is 6.07 Å². The predicted octanol–water partition coefficient (Wildman–Crippen LogP) is 1.79. The fourth-order valence-electron chi connectivity index (χ4n) is 2.32. The van der Waals surface area contributed by atoms with Crippen LogP contribution in [0, 0.1) is 0 Å². The van der Waals surface area contributed by atoms with Gasteiger partial charge in [0.05, 0.1) is 12.7 Å². The van der Waals surface area contributed by atoms with Crippen molar-refractivity contribution in [2.75, 3.05) is 7.11 Å². The van der Waals surface area contributed by atoms with Gasteiger partial charge in [0, 0.05) is 5.39 Å².